The minimum absolute atomic E-state index is 0.176. The highest BCUT2D eigenvalue weighted by molar-refractivity contribution is 5.88. The smallest absolute Gasteiger partial charge is 0.419 e. The molecule has 0 saturated heterocycles. The van der Waals surface area contributed by atoms with E-state index in [1.165, 1.54) is 0 Å². The van der Waals surface area contributed by atoms with Crippen LogP contribution in [-0.4, -0.2) is 17.7 Å². The van der Waals surface area contributed by atoms with Gasteiger partial charge in [-0.25, -0.2) is 4.79 Å². The monoisotopic (exact) mass is 290 g/mol. The van der Waals surface area contributed by atoms with E-state index in [4.69, 9.17) is 9.84 Å². The highest BCUT2D eigenvalue weighted by Gasteiger charge is 2.35. The van der Waals surface area contributed by atoms with Gasteiger partial charge in [0.2, 0.25) is 0 Å². The maximum absolute atomic E-state index is 12.9. The van der Waals surface area contributed by atoms with Crippen LogP contribution in [0.25, 0.3) is 0 Å². The number of carbonyl (C=O) groups is 1. The number of hydrogen-bond acceptors (Lipinski definition) is 2. The zero-order valence-electron chi connectivity index (χ0n) is 11.3. The molecule has 0 aliphatic rings. The van der Waals surface area contributed by atoms with Gasteiger partial charge >= 0.3 is 12.1 Å². The standard InChI is InChI=1S/C14H17F3O3/c1-3-9(4-2)8-20-12-6-5-10(13(18)19)7-11(12)14(15,16)17/h5-7,9H,3-4,8H2,1-2H3,(H,18,19). The number of rotatable bonds is 6. The molecule has 6 heteroatoms. The van der Waals surface area contributed by atoms with Gasteiger partial charge in [0.15, 0.2) is 0 Å². The van der Waals surface area contributed by atoms with E-state index in [1.807, 2.05) is 13.8 Å². The quantitative estimate of drug-likeness (QED) is 0.853. The number of ether oxygens (including phenoxy) is 1. The molecule has 1 rings (SSSR count). The average Bonchev–Trinajstić information content (AvgIpc) is 2.38. The molecule has 0 fully saturated rings. The molecule has 0 heterocycles. The van der Waals surface area contributed by atoms with Crippen molar-refractivity contribution in [3.8, 4) is 5.75 Å². The van der Waals surface area contributed by atoms with Crippen LogP contribution in [-0.2, 0) is 6.18 Å². The number of aromatic carboxylic acids is 1. The lowest BCUT2D eigenvalue weighted by molar-refractivity contribution is -0.139. The Balaban J connectivity index is 3.03. The third-order valence-electron chi connectivity index (χ3n) is 3.16. The molecule has 0 saturated carbocycles. The van der Waals surface area contributed by atoms with E-state index in [-0.39, 0.29) is 18.3 Å². The van der Waals surface area contributed by atoms with Crippen LogP contribution in [0.3, 0.4) is 0 Å². The van der Waals surface area contributed by atoms with Crippen LogP contribution in [0.15, 0.2) is 18.2 Å². The minimum atomic E-state index is -4.64. The second-order valence-electron chi connectivity index (χ2n) is 4.51. The summed E-state index contributed by atoms with van der Waals surface area (Å²) in [4.78, 5) is 10.7. The molecule has 0 aliphatic heterocycles. The molecule has 3 nitrogen and oxygen atoms in total. The normalized spacial score (nSPS) is 11.7. The first-order valence-electron chi connectivity index (χ1n) is 6.36. The van der Waals surface area contributed by atoms with Crippen molar-refractivity contribution >= 4 is 5.97 Å². The summed E-state index contributed by atoms with van der Waals surface area (Å²) in [5.41, 5.74) is -1.46. The van der Waals surface area contributed by atoms with Gasteiger partial charge in [0.05, 0.1) is 17.7 Å². The van der Waals surface area contributed by atoms with Crippen LogP contribution in [0.1, 0.15) is 42.6 Å². The first kappa shape index (κ1) is 16.3. The van der Waals surface area contributed by atoms with Crippen molar-refractivity contribution in [1.82, 2.24) is 0 Å². The van der Waals surface area contributed by atoms with Gasteiger partial charge in [0, 0.05) is 0 Å². The molecule has 1 N–H and O–H groups in total. The van der Waals surface area contributed by atoms with E-state index in [0.717, 1.165) is 25.0 Å². The van der Waals surface area contributed by atoms with E-state index in [0.29, 0.717) is 6.07 Å². The molecule has 20 heavy (non-hydrogen) atoms. The summed E-state index contributed by atoms with van der Waals surface area (Å²) in [5, 5.41) is 8.75. The molecular weight excluding hydrogens is 273 g/mol. The molecule has 1 aromatic carbocycles. The first-order chi connectivity index (χ1) is 9.29. The van der Waals surface area contributed by atoms with E-state index in [2.05, 4.69) is 0 Å². The second kappa shape index (κ2) is 6.63. The molecule has 0 radical (unpaired) electrons. The van der Waals surface area contributed by atoms with Crippen LogP contribution in [0.2, 0.25) is 0 Å². The Kier molecular flexibility index (Phi) is 5.42. The lowest BCUT2D eigenvalue weighted by atomic mass is 10.0. The number of benzene rings is 1. The van der Waals surface area contributed by atoms with Gasteiger partial charge < -0.3 is 9.84 Å². The van der Waals surface area contributed by atoms with Gasteiger partial charge in [-0.15, -0.1) is 0 Å². The van der Waals surface area contributed by atoms with Crippen molar-refractivity contribution in [1.29, 1.82) is 0 Å². The molecule has 0 unspecified atom stereocenters. The molecule has 0 amide bonds. The number of hydrogen-bond donors (Lipinski definition) is 1. The van der Waals surface area contributed by atoms with Crippen molar-refractivity contribution in [2.24, 2.45) is 5.92 Å². The molecule has 0 spiro atoms. The Morgan fingerprint density at radius 3 is 2.35 bits per heavy atom. The van der Waals surface area contributed by atoms with Crippen molar-refractivity contribution < 1.29 is 27.8 Å². The van der Waals surface area contributed by atoms with Gasteiger partial charge in [-0.1, -0.05) is 26.7 Å². The molecule has 112 valence electrons. The van der Waals surface area contributed by atoms with Gasteiger partial charge in [0.1, 0.15) is 5.75 Å². The zero-order chi connectivity index (χ0) is 15.3. The van der Waals surface area contributed by atoms with Crippen LogP contribution in [0, 0.1) is 5.92 Å². The Morgan fingerprint density at radius 1 is 1.30 bits per heavy atom. The number of alkyl halides is 3. The lowest BCUT2D eigenvalue weighted by Gasteiger charge is -2.18. The lowest BCUT2D eigenvalue weighted by Crippen LogP contribution is -2.15. The summed E-state index contributed by atoms with van der Waals surface area (Å²) in [5.74, 6) is -1.55. The Hall–Kier alpha value is -1.72. The second-order valence-corrected chi connectivity index (χ2v) is 4.51. The van der Waals surface area contributed by atoms with Gasteiger partial charge in [0.25, 0.3) is 0 Å². The van der Waals surface area contributed by atoms with Crippen molar-refractivity contribution in [3.63, 3.8) is 0 Å². The summed E-state index contributed by atoms with van der Waals surface area (Å²) in [6, 6.07) is 2.78. The third kappa shape index (κ3) is 4.15. The van der Waals surface area contributed by atoms with Gasteiger partial charge in [-0.3, -0.25) is 0 Å². The van der Waals surface area contributed by atoms with E-state index in [9.17, 15) is 18.0 Å². The fourth-order valence-corrected chi connectivity index (χ4v) is 1.74. The van der Waals surface area contributed by atoms with Crippen molar-refractivity contribution in [2.75, 3.05) is 6.61 Å². The number of carboxylic acids is 1. The van der Waals surface area contributed by atoms with E-state index in [1.54, 1.807) is 0 Å². The van der Waals surface area contributed by atoms with Crippen molar-refractivity contribution in [2.45, 2.75) is 32.9 Å². The maximum Gasteiger partial charge on any atom is 0.419 e. The van der Waals surface area contributed by atoms with Gasteiger partial charge in [-0.2, -0.15) is 13.2 Å². The topological polar surface area (TPSA) is 46.5 Å². The van der Waals surface area contributed by atoms with Gasteiger partial charge in [-0.05, 0) is 24.1 Å². The summed E-state index contributed by atoms with van der Waals surface area (Å²) >= 11 is 0. The fourth-order valence-electron chi connectivity index (χ4n) is 1.74. The third-order valence-corrected chi connectivity index (χ3v) is 3.16. The van der Waals surface area contributed by atoms with E-state index >= 15 is 0 Å². The molecule has 0 aromatic heterocycles. The largest absolute Gasteiger partial charge is 0.493 e. The molecule has 0 atom stereocenters. The minimum Gasteiger partial charge on any atom is -0.493 e. The van der Waals surface area contributed by atoms with Crippen LogP contribution < -0.4 is 4.74 Å². The molecule has 0 bridgehead atoms. The van der Waals surface area contributed by atoms with Crippen LogP contribution >= 0.6 is 0 Å². The van der Waals surface area contributed by atoms with Crippen LogP contribution in [0.4, 0.5) is 13.2 Å². The Bertz CT molecular complexity index is 465. The van der Waals surface area contributed by atoms with E-state index < -0.39 is 23.3 Å². The van der Waals surface area contributed by atoms with Crippen LogP contribution in [0.5, 0.6) is 5.75 Å². The molecule has 0 aliphatic carbocycles. The Labute approximate surface area is 115 Å². The summed E-state index contributed by atoms with van der Waals surface area (Å²) in [7, 11) is 0. The fraction of sp³-hybridized carbons (Fsp3) is 0.500. The summed E-state index contributed by atoms with van der Waals surface area (Å²) < 4.78 is 44.0. The predicted molar refractivity (Wildman–Crippen MR) is 68.0 cm³/mol. The molecule has 1 aromatic rings. The zero-order valence-corrected chi connectivity index (χ0v) is 11.3. The molecular formula is C14H17F3O3. The number of carboxylic acid groups (broad SMARTS) is 1. The summed E-state index contributed by atoms with van der Waals surface area (Å²) in [6.07, 6.45) is -3.02. The highest BCUT2D eigenvalue weighted by Crippen LogP contribution is 2.37. The average molecular weight is 290 g/mol. The SMILES string of the molecule is CCC(CC)COc1ccc(C(=O)O)cc1C(F)(F)F. The first-order valence-corrected chi connectivity index (χ1v) is 6.36. The Morgan fingerprint density at radius 2 is 1.90 bits per heavy atom. The summed E-state index contributed by atoms with van der Waals surface area (Å²) in [6.45, 7) is 4.06. The number of halogens is 3. The highest BCUT2D eigenvalue weighted by atomic mass is 19.4. The predicted octanol–water partition coefficient (Wildman–Crippen LogP) is 4.22. The van der Waals surface area contributed by atoms with Crippen molar-refractivity contribution in [3.05, 3.63) is 29.3 Å². The maximum atomic E-state index is 12.9.